The van der Waals surface area contributed by atoms with Crippen LogP contribution < -0.4 is 5.56 Å². The first-order valence-corrected chi connectivity index (χ1v) is 13.6. The van der Waals surface area contributed by atoms with Crippen LogP contribution in [0.4, 0.5) is 5.69 Å². The van der Waals surface area contributed by atoms with Gasteiger partial charge in [-0.3, -0.25) is 19.5 Å². The number of fused-ring (bicyclic) bond motifs is 1. The van der Waals surface area contributed by atoms with Gasteiger partial charge in [-0.2, -0.15) is 4.31 Å². The molecule has 3 aromatic carbocycles. The van der Waals surface area contributed by atoms with E-state index in [1.807, 2.05) is 19.1 Å². The average molecular weight is 539 g/mol. The summed E-state index contributed by atoms with van der Waals surface area (Å²) in [5.74, 6) is 0. The van der Waals surface area contributed by atoms with Gasteiger partial charge in [0.1, 0.15) is 0 Å². The summed E-state index contributed by atoms with van der Waals surface area (Å²) in [5.41, 5.74) is 1.18. The number of nitro groups is 1. The zero-order valence-electron chi connectivity index (χ0n) is 19.7. The normalized spacial score (nSPS) is 14.6. The number of ether oxygens (including phenoxy) is 1. The third-order valence-electron chi connectivity index (χ3n) is 6.04. The van der Waals surface area contributed by atoms with Crippen LogP contribution in [0, 0.1) is 17.0 Å². The minimum atomic E-state index is -3.93. The molecule has 0 amide bonds. The summed E-state index contributed by atoms with van der Waals surface area (Å²) in [5, 5.41) is 12.7. The number of benzene rings is 3. The Morgan fingerprint density at radius 3 is 2.46 bits per heavy atom. The Balaban J connectivity index is 1.65. The molecule has 1 aromatic heterocycles. The number of hydrogen-bond donors (Lipinski definition) is 0. The number of rotatable bonds is 6. The molecule has 1 aliphatic rings. The van der Waals surface area contributed by atoms with E-state index in [4.69, 9.17) is 4.74 Å². The maximum atomic E-state index is 13.6. The molecule has 5 rings (SSSR count). The van der Waals surface area contributed by atoms with Crippen LogP contribution in [0.25, 0.3) is 16.6 Å². The van der Waals surface area contributed by atoms with Crippen molar-refractivity contribution >= 4 is 38.4 Å². The fourth-order valence-corrected chi connectivity index (χ4v) is 6.54. The molecule has 0 aliphatic carbocycles. The molecular formula is C25H22N4O6S2. The summed E-state index contributed by atoms with van der Waals surface area (Å²) in [6, 6.07) is 18.0. The number of nitro benzene ring substituents is 1. The standard InChI is InChI=1S/C25H22N4O6S2/c1-17-6-2-5-9-21(17)28-24(30)19-7-3-4-8-20(19)26-25(28)36-23-11-10-18(16-22(23)29(31)32)37(33,34)27-12-14-35-15-13-27/h2-11,16H,12-15H2,1H3. The van der Waals surface area contributed by atoms with E-state index < -0.39 is 20.6 Å². The van der Waals surface area contributed by atoms with E-state index in [-0.39, 0.29) is 46.8 Å². The lowest BCUT2D eigenvalue weighted by molar-refractivity contribution is -0.388. The van der Waals surface area contributed by atoms with Gasteiger partial charge < -0.3 is 4.74 Å². The molecule has 0 atom stereocenters. The second-order valence-electron chi connectivity index (χ2n) is 8.34. The van der Waals surface area contributed by atoms with E-state index in [9.17, 15) is 23.3 Å². The Hall–Kier alpha value is -3.58. The lowest BCUT2D eigenvalue weighted by atomic mass is 10.2. The van der Waals surface area contributed by atoms with Gasteiger partial charge >= 0.3 is 0 Å². The predicted molar refractivity (Wildman–Crippen MR) is 139 cm³/mol. The fourth-order valence-electron chi connectivity index (χ4n) is 4.13. The van der Waals surface area contributed by atoms with Crippen molar-refractivity contribution in [2.24, 2.45) is 0 Å². The summed E-state index contributed by atoms with van der Waals surface area (Å²) in [6.07, 6.45) is 0. The molecule has 0 N–H and O–H groups in total. The Bertz CT molecular complexity index is 1680. The second kappa shape index (κ2) is 10.1. The molecule has 0 radical (unpaired) electrons. The first-order valence-electron chi connectivity index (χ1n) is 11.4. The van der Waals surface area contributed by atoms with Crippen LogP contribution in [0.5, 0.6) is 0 Å². The van der Waals surface area contributed by atoms with Gasteiger partial charge in [0.15, 0.2) is 5.16 Å². The SMILES string of the molecule is Cc1ccccc1-n1c(Sc2ccc(S(=O)(=O)N3CCOCC3)cc2[N+](=O)[O-])nc2ccccc2c1=O. The Morgan fingerprint density at radius 2 is 1.73 bits per heavy atom. The highest BCUT2D eigenvalue weighted by Gasteiger charge is 2.29. The van der Waals surface area contributed by atoms with E-state index in [1.54, 1.807) is 36.4 Å². The lowest BCUT2D eigenvalue weighted by Crippen LogP contribution is -2.40. The molecule has 4 aromatic rings. The third-order valence-corrected chi connectivity index (χ3v) is 8.95. The van der Waals surface area contributed by atoms with Gasteiger partial charge in [-0.25, -0.2) is 13.4 Å². The monoisotopic (exact) mass is 538 g/mol. The number of aryl methyl sites for hydroxylation is 1. The van der Waals surface area contributed by atoms with Gasteiger partial charge in [-0.1, -0.05) is 30.3 Å². The molecule has 0 saturated carbocycles. The molecule has 0 unspecified atom stereocenters. The summed E-state index contributed by atoms with van der Waals surface area (Å²) in [7, 11) is -3.93. The van der Waals surface area contributed by atoms with Crippen molar-refractivity contribution in [3.63, 3.8) is 0 Å². The van der Waals surface area contributed by atoms with Gasteiger partial charge in [-0.05, 0) is 54.6 Å². The zero-order valence-corrected chi connectivity index (χ0v) is 21.4. The van der Waals surface area contributed by atoms with Crippen molar-refractivity contribution < 1.29 is 18.1 Å². The number of aromatic nitrogens is 2. The average Bonchev–Trinajstić information content (AvgIpc) is 2.90. The number of hydrogen-bond acceptors (Lipinski definition) is 8. The van der Waals surface area contributed by atoms with Gasteiger partial charge in [0.05, 0.1) is 44.5 Å². The molecule has 12 heteroatoms. The van der Waals surface area contributed by atoms with E-state index in [1.165, 1.54) is 21.0 Å². The van der Waals surface area contributed by atoms with Crippen molar-refractivity contribution in [3.8, 4) is 5.69 Å². The zero-order chi connectivity index (χ0) is 26.2. The van der Waals surface area contributed by atoms with Gasteiger partial charge in [-0.15, -0.1) is 0 Å². The number of sulfonamides is 1. The van der Waals surface area contributed by atoms with E-state index in [0.29, 0.717) is 16.6 Å². The molecule has 10 nitrogen and oxygen atoms in total. The van der Waals surface area contributed by atoms with Crippen LogP contribution in [-0.2, 0) is 14.8 Å². The van der Waals surface area contributed by atoms with Crippen molar-refractivity contribution in [3.05, 3.63) is 92.8 Å². The van der Waals surface area contributed by atoms with Crippen LogP contribution in [0.3, 0.4) is 0 Å². The van der Waals surface area contributed by atoms with Crippen molar-refractivity contribution in [2.45, 2.75) is 21.9 Å². The Morgan fingerprint density at radius 1 is 1.03 bits per heavy atom. The second-order valence-corrected chi connectivity index (χ2v) is 11.3. The van der Waals surface area contributed by atoms with Gasteiger partial charge in [0.2, 0.25) is 10.0 Å². The van der Waals surface area contributed by atoms with Gasteiger partial charge in [0.25, 0.3) is 11.2 Å². The first kappa shape index (κ1) is 25.1. The van der Waals surface area contributed by atoms with Crippen LogP contribution in [0.2, 0.25) is 0 Å². The summed E-state index contributed by atoms with van der Waals surface area (Å²) < 4.78 is 34.1. The number of nitrogens with zero attached hydrogens (tertiary/aromatic N) is 4. The van der Waals surface area contributed by atoms with Gasteiger partial charge in [0, 0.05) is 19.2 Å². The van der Waals surface area contributed by atoms with Crippen LogP contribution in [0.15, 0.2) is 86.5 Å². The maximum Gasteiger partial charge on any atom is 0.284 e. The fraction of sp³-hybridized carbons (Fsp3) is 0.200. The minimum absolute atomic E-state index is 0.162. The van der Waals surface area contributed by atoms with Crippen LogP contribution in [-0.4, -0.2) is 53.5 Å². The molecular weight excluding hydrogens is 516 g/mol. The Kier molecular flexibility index (Phi) is 6.82. The molecule has 1 saturated heterocycles. The molecule has 0 bridgehead atoms. The van der Waals surface area contributed by atoms with E-state index in [0.717, 1.165) is 23.4 Å². The highest BCUT2D eigenvalue weighted by Crippen LogP contribution is 2.37. The smallest absolute Gasteiger partial charge is 0.284 e. The molecule has 1 fully saturated rings. The van der Waals surface area contributed by atoms with Crippen molar-refractivity contribution in [2.75, 3.05) is 26.3 Å². The van der Waals surface area contributed by atoms with Crippen molar-refractivity contribution in [1.29, 1.82) is 0 Å². The highest BCUT2D eigenvalue weighted by atomic mass is 32.2. The summed E-state index contributed by atoms with van der Waals surface area (Å²) in [4.78, 5) is 29.6. The van der Waals surface area contributed by atoms with Crippen molar-refractivity contribution in [1.82, 2.24) is 13.9 Å². The van der Waals surface area contributed by atoms with E-state index >= 15 is 0 Å². The topological polar surface area (TPSA) is 125 Å². The number of morpholine rings is 1. The molecule has 190 valence electrons. The third kappa shape index (κ3) is 4.76. The van der Waals surface area contributed by atoms with Crippen LogP contribution in [0.1, 0.15) is 5.56 Å². The highest BCUT2D eigenvalue weighted by molar-refractivity contribution is 7.99. The predicted octanol–water partition coefficient (Wildman–Crippen LogP) is 3.77. The lowest BCUT2D eigenvalue weighted by Gasteiger charge is -2.26. The number of para-hydroxylation sites is 2. The molecule has 1 aliphatic heterocycles. The molecule has 2 heterocycles. The Labute approximate surface area is 216 Å². The summed E-state index contributed by atoms with van der Waals surface area (Å²) in [6.45, 7) is 2.74. The summed E-state index contributed by atoms with van der Waals surface area (Å²) >= 11 is 0.938. The largest absolute Gasteiger partial charge is 0.379 e. The minimum Gasteiger partial charge on any atom is -0.379 e. The first-order chi connectivity index (χ1) is 17.8. The van der Waals surface area contributed by atoms with Crippen LogP contribution >= 0.6 is 11.8 Å². The quantitative estimate of drug-likeness (QED) is 0.206. The molecule has 0 spiro atoms. The van der Waals surface area contributed by atoms with E-state index in [2.05, 4.69) is 4.98 Å². The maximum absolute atomic E-state index is 13.6. The molecule has 37 heavy (non-hydrogen) atoms.